The second-order valence-corrected chi connectivity index (χ2v) is 6.94. The fraction of sp³-hybridized carbons (Fsp3) is 0.632. The average molecular weight is 337 g/mol. The highest BCUT2D eigenvalue weighted by molar-refractivity contribution is 5.96. The summed E-state index contributed by atoms with van der Waals surface area (Å²) in [5.41, 5.74) is 3.30. The molecule has 1 unspecified atom stereocenters. The maximum Gasteiger partial charge on any atom is 0.241 e. The molecule has 1 aliphatic carbocycles. The van der Waals surface area contributed by atoms with E-state index in [0.29, 0.717) is 6.04 Å². The molecule has 1 aliphatic heterocycles. The number of nitrogens with zero attached hydrogens (tertiary/aromatic N) is 1. The zero-order valence-electron chi connectivity index (χ0n) is 14.3. The van der Waals surface area contributed by atoms with Crippen molar-refractivity contribution in [1.29, 1.82) is 0 Å². The molecule has 23 heavy (non-hydrogen) atoms. The first-order valence-corrected chi connectivity index (χ1v) is 8.79. The summed E-state index contributed by atoms with van der Waals surface area (Å²) in [4.78, 5) is 15.3. The quantitative estimate of drug-likeness (QED) is 0.883. The number of carbonyl (C=O) groups is 1. The molecule has 3 nitrogen and oxygen atoms in total. The third-order valence-electron chi connectivity index (χ3n) is 5.37. The maximum atomic E-state index is 12.8. The lowest BCUT2D eigenvalue weighted by molar-refractivity contribution is -0.121. The molecule has 2 aliphatic rings. The van der Waals surface area contributed by atoms with Gasteiger partial charge in [0.2, 0.25) is 5.91 Å². The molecule has 1 amide bonds. The van der Waals surface area contributed by atoms with Crippen molar-refractivity contribution in [2.24, 2.45) is 0 Å². The third kappa shape index (κ3) is 4.07. The van der Waals surface area contributed by atoms with E-state index >= 15 is 0 Å². The Labute approximate surface area is 146 Å². The van der Waals surface area contributed by atoms with Gasteiger partial charge in [-0.05, 0) is 57.2 Å². The number of likely N-dealkylation sites (tertiary alicyclic amines) is 1. The number of nitrogens with one attached hydrogen (secondary N) is 1. The third-order valence-corrected chi connectivity index (χ3v) is 5.37. The molecule has 1 heterocycles. The first-order chi connectivity index (χ1) is 10.7. The average Bonchev–Trinajstić information content (AvgIpc) is 3.01. The first-order valence-electron chi connectivity index (χ1n) is 8.79. The minimum absolute atomic E-state index is 0. The molecule has 3 rings (SSSR count). The molecule has 1 N–H and O–H groups in total. The van der Waals surface area contributed by atoms with Crippen molar-refractivity contribution >= 4 is 24.0 Å². The van der Waals surface area contributed by atoms with Crippen LogP contribution in [0.15, 0.2) is 18.2 Å². The van der Waals surface area contributed by atoms with Gasteiger partial charge in [-0.15, -0.1) is 12.4 Å². The molecule has 1 saturated heterocycles. The van der Waals surface area contributed by atoms with Crippen LogP contribution in [0.3, 0.4) is 0 Å². The minimum atomic E-state index is 0. The number of anilines is 1. The lowest BCUT2D eigenvalue weighted by atomic mass is 9.93. The van der Waals surface area contributed by atoms with Gasteiger partial charge in [0.1, 0.15) is 0 Å². The van der Waals surface area contributed by atoms with E-state index in [1.54, 1.807) is 0 Å². The second kappa shape index (κ2) is 8.16. The first kappa shape index (κ1) is 18.3. The predicted molar refractivity (Wildman–Crippen MR) is 98.4 cm³/mol. The van der Waals surface area contributed by atoms with Crippen molar-refractivity contribution < 1.29 is 4.79 Å². The van der Waals surface area contributed by atoms with Crippen molar-refractivity contribution in [2.45, 2.75) is 70.9 Å². The Kier molecular flexibility index (Phi) is 6.49. The Bertz CT molecular complexity index is 520. The topological polar surface area (TPSA) is 32.3 Å². The number of para-hydroxylation sites is 1. The van der Waals surface area contributed by atoms with Gasteiger partial charge in [-0.1, -0.05) is 37.5 Å². The molecule has 1 atom stereocenters. The molecule has 0 radical (unpaired) electrons. The Balaban J connectivity index is 0.00000192. The van der Waals surface area contributed by atoms with Crippen molar-refractivity contribution in [1.82, 2.24) is 4.90 Å². The summed E-state index contributed by atoms with van der Waals surface area (Å²) < 4.78 is 0. The van der Waals surface area contributed by atoms with Crippen molar-refractivity contribution in [3.8, 4) is 0 Å². The Morgan fingerprint density at radius 2 is 1.70 bits per heavy atom. The highest BCUT2D eigenvalue weighted by Gasteiger charge is 2.35. The molecule has 0 aromatic heterocycles. The van der Waals surface area contributed by atoms with Crippen LogP contribution in [-0.4, -0.2) is 29.4 Å². The molecule has 1 aromatic rings. The van der Waals surface area contributed by atoms with Crippen molar-refractivity contribution in [2.75, 3.05) is 11.9 Å². The van der Waals surface area contributed by atoms with Crippen LogP contribution in [0.1, 0.15) is 56.1 Å². The summed E-state index contributed by atoms with van der Waals surface area (Å²) in [5, 5.41) is 3.21. The largest absolute Gasteiger partial charge is 0.324 e. The van der Waals surface area contributed by atoms with Crippen LogP contribution in [-0.2, 0) is 4.79 Å². The number of aryl methyl sites for hydroxylation is 2. The smallest absolute Gasteiger partial charge is 0.241 e. The van der Waals surface area contributed by atoms with Crippen LogP contribution in [0.4, 0.5) is 5.69 Å². The van der Waals surface area contributed by atoms with Gasteiger partial charge in [-0.25, -0.2) is 0 Å². The molecule has 1 saturated carbocycles. The summed E-state index contributed by atoms with van der Waals surface area (Å²) in [6.07, 6.45) is 8.72. The fourth-order valence-electron chi connectivity index (χ4n) is 4.14. The Morgan fingerprint density at radius 1 is 1.04 bits per heavy atom. The lowest BCUT2D eigenvalue weighted by Gasteiger charge is -2.35. The van der Waals surface area contributed by atoms with E-state index < -0.39 is 0 Å². The van der Waals surface area contributed by atoms with Gasteiger partial charge in [0.15, 0.2) is 0 Å². The van der Waals surface area contributed by atoms with Gasteiger partial charge in [0, 0.05) is 11.7 Å². The zero-order valence-corrected chi connectivity index (χ0v) is 15.1. The van der Waals surface area contributed by atoms with Crippen LogP contribution in [0.5, 0.6) is 0 Å². The van der Waals surface area contributed by atoms with E-state index in [2.05, 4.69) is 36.2 Å². The van der Waals surface area contributed by atoms with Gasteiger partial charge in [-0.2, -0.15) is 0 Å². The van der Waals surface area contributed by atoms with Gasteiger partial charge in [0.05, 0.1) is 6.04 Å². The second-order valence-electron chi connectivity index (χ2n) is 6.94. The van der Waals surface area contributed by atoms with E-state index in [1.807, 2.05) is 6.07 Å². The number of carbonyl (C=O) groups excluding carboxylic acids is 1. The lowest BCUT2D eigenvalue weighted by Crippen LogP contribution is -2.46. The minimum Gasteiger partial charge on any atom is -0.324 e. The highest BCUT2D eigenvalue weighted by atomic mass is 35.5. The standard InChI is InChI=1S/C19H28N2O.ClH/c1-14-8-6-9-15(2)18(14)20-19(22)17-12-7-13-21(17)16-10-4-3-5-11-16;/h6,8-9,16-17H,3-5,7,10-13H2,1-2H3,(H,20,22);1H. The molecule has 2 fully saturated rings. The number of halogens is 1. The number of rotatable bonds is 3. The normalized spacial score (nSPS) is 22.6. The summed E-state index contributed by atoms with van der Waals surface area (Å²) >= 11 is 0. The van der Waals surface area contributed by atoms with Crippen LogP contribution >= 0.6 is 12.4 Å². The van der Waals surface area contributed by atoms with Gasteiger partial charge in [-0.3, -0.25) is 9.69 Å². The van der Waals surface area contributed by atoms with Gasteiger partial charge in [0.25, 0.3) is 0 Å². The van der Waals surface area contributed by atoms with Crippen LogP contribution in [0, 0.1) is 13.8 Å². The summed E-state index contributed by atoms with van der Waals surface area (Å²) in [5.74, 6) is 0.195. The molecular weight excluding hydrogens is 308 g/mol. The van der Waals surface area contributed by atoms with Crippen molar-refractivity contribution in [3.05, 3.63) is 29.3 Å². The highest BCUT2D eigenvalue weighted by Crippen LogP contribution is 2.30. The SMILES string of the molecule is Cc1cccc(C)c1NC(=O)C1CCCN1C1CCCCC1.Cl. The van der Waals surface area contributed by atoms with E-state index in [0.717, 1.165) is 36.2 Å². The van der Waals surface area contributed by atoms with Crippen LogP contribution in [0.2, 0.25) is 0 Å². The van der Waals surface area contributed by atoms with Crippen LogP contribution in [0.25, 0.3) is 0 Å². The van der Waals surface area contributed by atoms with Gasteiger partial charge < -0.3 is 5.32 Å². The van der Waals surface area contributed by atoms with E-state index in [-0.39, 0.29) is 24.4 Å². The molecule has 0 spiro atoms. The van der Waals surface area contributed by atoms with E-state index in [4.69, 9.17) is 0 Å². The van der Waals surface area contributed by atoms with Gasteiger partial charge >= 0.3 is 0 Å². The molecular formula is C19H29ClN2O. The fourth-order valence-corrected chi connectivity index (χ4v) is 4.14. The Morgan fingerprint density at radius 3 is 2.35 bits per heavy atom. The van der Waals surface area contributed by atoms with Crippen LogP contribution < -0.4 is 5.32 Å². The molecule has 4 heteroatoms. The Hall–Kier alpha value is -1.06. The molecule has 0 bridgehead atoms. The summed E-state index contributed by atoms with van der Waals surface area (Å²) in [7, 11) is 0. The van der Waals surface area contributed by atoms with E-state index in [9.17, 15) is 4.79 Å². The molecule has 128 valence electrons. The number of amides is 1. The van der Waals surface area contributed by atoms with E-state index in [1.165, 1.54) is 32.1 Å². The van der Waals surface area contributed by atoms with Crippen molar-refractivity contribution in [3.63, 3.8) is 0 Å². The summed E-state index contributed by atoms with van der Waals surface area (Å²) in [6.45, 7) is 5.22. The predicted octanol–water partition coefficient (Wildman–Crippen LogP) is 4.46. The maximum absolute atomic E-state index is 12.8. The number of hydrogen-bond acceptors (Lipinski definition) is 2. The summed E-state index contributed by atoms with van der Waals surface area (Å²) in [6, 6.07) is 6.88. The monoisotopic (exact) mass is 336 g/mol. The zero-order chi connectivity index (χ0) is 15.5. The number of hydrogen-bond donors (Lipinski definition) is 1. The number of benzene rings is 1. The molecule has 1 aromatic carbocycles.